The third-order valence-electron chi connectivity index (χ3n) is 2.73. The van der Waals surface area contributed by atoms with E-state index in [2.05, 4.69) is 20.8 Å². The molecular formula is C12H21NO2S. The normalized spacial score (nSPS) is 22.8. The van der Waals surface area contributed by atoms with Crippen LogP contribution in [0.4, 0.5) is 4.79 Å². The second-order valence-electron chi connectivity index (χ2n) is 6.38. The largest absolute Gasteiger partial charge is 0.288 e. The van der Waals surface area contributed by atoms with Crippen LogP contribution in [0.2, 0.25) is 0 Å². The number of nitrogens with zero attached hydrogens (tertiary/aromatic N) is 1. The molecule has 0 saturated carbocycles. The van der Waals surface area contributed by atoms with Gasteiger partial charge in [0.15, 0.2) is 0 Å². The van der Waals surface area contributed by atoms with Crippen molar-refractivity contribution in [3.05, 3.63) is 0 Å². The van der Waals surface area contributed by atoms with Gasteiger partial charge in [-0.25, -0.2) is 0 Å². The fourth-order valence-electron chi connectivity index (χ4n) is 1.64. The Morgan fingerprint density at radius 3 is 2.12 bits per heavy atom. The fourth-order valence-corrected chi connectivity index (χ4v) is 2.94. The third kappa shape index (κ3) is 2.59. The van der Waals surface area contributed by atoms with E-state index in [4.69, 9.17) is 0 Å². The Bertz CT molecular complexity index is 312. The van der Waals surface area contributed by atoms with Crippen LogP contribution in [0.5, 0.6) is 0 Å². The zero-order valence-corrected chi connectivity index (χ0v) is 11.8. The molecule has 1 aliphatic heterocycles. The molecule has 0 unspecified atom stereocenters. The van der Waals surface area contributed by atoms with Crippen molar-refractivity contribution in [2.75, 3.05) is 5.75 Å². The number of imide groups is 1. The van der Waals surface area contributed by atoms with E-state index >= 15 is 0 Å². The minimum atomic E-state index is -0.496. The minimum absolute atomic E-state index is 0.0109. The van der Waals surface area contributed by atoms with Gasteiger partial charge in [-0.05, 0) is 5.41 Å². The number of thioether (sulfide) groups is 1. The summed E-state index contributed by atoms with van der Waals surface area (Å²) in [5.41, 5.74) is -0.551. The molecule has 3 nitrogen and oxygen atoms in total. The van der Waals surface area contributed by atoms with E-state index in [1.165, 1.54) is 16.7 Å². The zero-order chi connectivity index (χ0) is 12.7. The van der Waals surface area contributed by atoms with E-state index in [9.17, 15) is 9.59 Å². The van der Waals surface area contributed by atoms with Crippen molar-refractivity contribution in [2.24, 2.45) is 10.8 Å². The molecule has 0 aromatic heterocycles. The fraction of sp³-hybridized carbons (Fsp3) is 0.833. The zero-order valence-electron chi connectivity index (χ0n) is 11.0. The maximum atomic E-state index is 12.2. The lowest BCUT2D eigenvalue weighted by atomic mass is 9.85. The lowest BCUT2D eigenvalue weighted by molar-refractivity contribution is -0.138. The molecule has 1 heterocycles. The topological polar surface area (TPSA) is 37.4 Å². The van der Waals surface area contributed by atoms with Gasteiger partial charge in [0.2, 0.25) is 5.91 Å². The van der Waals surface area contributed by atoms with Gasteiger partial charge < -0.3 is 0 Å². The maximum absolute atomic E-state index is 12.2. The Morgan fingerprint density at radius 1 is 1.25 bits per heavy atom. The molecular weight excluding hydrogens is 222 g/mol. The molecule has 1 saturated heterocycles. The second kappa shape index (κ2) is 4.06. The van der Waals surface area contributed by atoms with Crippen LogP contribution in [0.1, 0.15) is 41.5 Å². The van der Waals surface area contributed by atoms with Gasteiger partial charge in [-0.15, -0.1) is 0 Å². The first-order chi connectivity index (χ1) is 7.05. The summed E-state index contributed by atoms with van der Waals surface area (Å²) >= 11 is 1.25. The summed E-state index contributed by atoms with van der Waals surface area (Å²) in [6.07, 6.45) is 0. The average molecular weight is 243 g/mol. The molecule has 0 spiro atoms. The van der Waals surface area contributed by atoms with Crippen molar-refractivity contribution >= 4 is 22.9 Å². The maximum Gasteiger partial charge on any atom is 0.288 e. The average Bonchev–Trinajstić information content (AvgIpc) is 2.43. The van der Waals surface area contributed by atoms with Crippen LogP contribution in [0, 0.1) is 10.8 Å². The highest BCUT2D eigenvalue weighted by molar-refractivity contribution is 8.14. The van der Waals surface area contributed by atoms with Gasteiger partial charge in [-0.1, -0.05) is 53.3 Å². The van der Waals surface area contributed by atoms with Crippen molar-refractivity contribution in [3.63, 3.8) is 0 Å². The van der Waals surface area contributed by atoms with E-state index < -0.39 is 5.41 Å². The Labute approximate surface area is 102 Å². The van der Waals surface area contributed by atoms with Gasteiger partial charge in [-0.3, -0.25) is 14.5 Å². The summed E-state index contributed by atoms with van der Waals surface area (Å²) in [6.45, 7) is 11.8. The molecule has 0 radical (unpaired) electrons. The van der Waals surface area contributed by atoms with E-state index in [1.54, 1.807) is 0 Å². The molecule has 2 amide bonds. The van der Waals surface area contributed by atoms with Crippen LogP contribution >= 0.6 is 11.8 Å². The van der Waals surface area contributed by atoms with Crippen LogP contribution in [0.15, 0.2) is 0 Å². The number of rotatable bonds is 0. The van der Waals surface area contributed by atoms with E-state index in [1.807, 2.05) is 20.8 Å². The number of amides is 2. The van der Waals surface area contributed by atoms with Gasteiger partial charge in [0, 0.05) is 11.2 Å². The Hall–Kier alpha value is -0.510. The van der Waals surface area contributed by atoms with Gasteiger partial charge in [0.05, 0.1) is 6.04 Å². The Balaban J connectivity index is 3.00. The molecule has 4 heteroatoms. The van der Waals surface area contributed by atoms with Gasteiger partial charge >= 0.3 is 0 Å². The van der Waals surface area contributed by atoms with Crippen molar-refractivity contribution in [1.82, 2.24) is 4.90 Å². The molecule has 0 N–H and O–H groups in total. The highest BCUT2D eigenvalue weighted by atomic mass is 32.2. The van der Waals surface area contributed by atoms with Gasteiger partial charge in [0.1, 0.15) is 0 Å². The third-order valence-corrected chi connectivity index (χ3v) is 3.66. The number of hydrogen-bond acceptors (Lipinski definition) is 3. The van der Waals surface area contributed by atoms with Crippen molar-refractivity contribution in [1.29, 1.82) is 0 Å². The summed E-state index contributed by atoms with van der Waals surface area (Å²) in [7, 11) is 0. The van der Waals surface area contributed by atoms with Crippen molar-refractivity contribution < 1.29 is 9.59 Å². The van der Waals surface area contributed by atoms with Crippen molar-refractivity contribution in [3.8, 4) is 0 Å². The van der Waals surface area contributed by atoms with Crippen LogP contribution < -0.4 is 0 Å². The number of carbonyl (C=O) groups is 2. The minimum Gasteiger partial charge on any atom is -0.274 e. The smallest absolute Gasteiger partial charge is 0.274 e. The molecule has 16 heavy (non-hydrogen) atoms. The molecule has 92 valence electrons. The second-order valence-corrected chi connectivity index (χ2v) is 7.36. The Kier molecular flexibility index (Phi) is 3.44. The SMILES string of the molecule is CC(C)(C)C(=O)N1C(=O)SC[C@@H]1C(C)(C)C. The molecule has 0 aromatic rings. The molecule has 0 aliphatic carbocycles. The molecule has 1 fully saturated rings. The molecule has 1 rings (SSSR count). The predicted molar refractivity (Wildman–Crippen MR) is 67.4 cm³/mol. The van der Waals surface area contributed by atoms with Crippen molar-refractivity contribution in [2.45, 2.75) is 47.6 Å². The molecule has 0 aromatic carbocycles. The highest BCUT2D eigenvalue weighted by Crippen LogP contribution is 2.37. The first kappa shape index (κ1) is 13.6. The van der Waals surface area contributed by atoms with Crippen LogP contribution in [-0.4, -0.2) is 27.8 Å². The molecule has 1 aliphatic rings. The summed E-state index contributed by atoms with van der Waals surface area (Å²) in [6, 6.07) is 0.0109. The summed E-state index contributed by atoms with van der Waals surface area (Å²) in [5, 5.41) is -0.0974. The van der Waals surface area contributed by atoms with E-state index in [0.29, 0.717) is 5.75 Å². The lowest BCUT2D eigenvalue weighted by Gasteiger charge is -2.35. The summed E-state index contributed by atoms with van der Waals surface area (Å²) < 4.78 is 0. The molecule has 0 bridgehead atoms. The first-order valence-corrected chi connectivity index (χ1v) is 6.54. The van der Waals surface area contributed by atoms with Crippen LogP contribution in [0.3, 0.4) is 0 Å². The highest BCUT2D eigenvalue weighted by Gasteiger charge is 2.45. The number of hydrogen-bond donors (Lipinski definition) is 0. The quantitative estimate of drug-likeness (QED) is 0.656. The Morgan fingerprint density at radius 2 is 1.75 bits per heavy atom. The number of carbonyl (C=O) groups excluding carboxylic acids is 2. The van der Waals surface area contributed by atoms with Crippen LogP contribution in [-0.2, 0) is 4.79 Å². The van der Waals surface area contributed by atoms with E-state index in [0.717, 1.165) is 0 Å². The summed E-state index contributed by atoms with van der Waals surface area (Å²) in [5.74, 6) is 0.645. The van der Waals surface area contributed by atoms with Crippen LogP contribution in [0.25, 0.3) is 0 Å². The lowest BCUT2D eigenvalue weighted by Crippen LogP contribution is -2.49. The first-order valence-electron chi connectivity index (χ1n) is 5.55. The predicted octanol–water partition coefficient (Wildman–Crippen LogP) is 3.14. The monoisotopic (exact) mass is 243 g/mol. The van der Waals surface area contributed by atoms with E-state index in [-0.39, 0.29) is 22.6 Å². The molecule has 1 atom stereocenters. The van der Waals surface area contributed by atoms with Gasteiger partial charge in [0.25, 0.3) is 5.24 Å². The standard InChI is InChI=1S/C12H21NO2S/c1-11(2,3)8-7-16-10(15)13(8)9(14)12(4,5)6/h8H,7H2,1-6H3/t8-/m1/s1. The summed E-state index contributed by atoms with van der Waals surface area (Å²) in [4.78, 5) is 25.5. The van der Waals surface area contributed by atoms with Gasteiger partial charge in [-0.2, -0.15) is 0 Å².